The molecule has 7 nitrogen and oxygen atoms in total. The molecule has 1 heterocycles. The van der Waals surface area contributed by atoms with Crippen LogP contribution in [0.5, 0.6) is 11.5 Å². The highest BCUT2D eigenvalue weighted by molar-refractivity contribution is 7.13. The highest BCUT2D eigenvalue weighted by Gasteiger charge is 2.07. The second-order valence-electron chi connectivity index (χ2n) is 5.47. The molecule has 0 aliphatic rings. The van der Waals surface area contributed by atoms with Crippen LogP contribution in [0.4, 0.5) is 5.13 Å². The minimum absolute atomic E-state index is 0.590. The van der Waals surface area contributed by atoms with Crippen molar-refractivity contribution in [3.05, 3.63) is 34.8 Å². The van der Waals surface area contributed by atoms with Crippen LogP contribution in [0.15, 0.2) is 28.6 Å². The number of nitrogens with one attached hydrogen (secondary N) is 2. The molecule has 1 aromatic heterocycles. The summed E-state index contributed by atoms with van der Waals surface area (Å²) in [6.45, 7) is 1.20. The summed E-state index contributed by atoms with van der Waals surface area (Å²) in [4.78, 5) is 10.8. The molecule has 0 atom stereocenters. The van der Waals surface area contributed by atoms with E-state index in [1.165, 1.54) is 0 Å². The van der Waals surface area contributed by atoms with Crippen molar-refractivity contribution in [1.82, 2.24) is 15.6 Å². The number of methoxy groups -OCH3 is 2. The van der Waals surface area contributed by atoms with Gasteiger partial charge in [0.15, 0.2) is 11.1 Å². The van der Waals surface area contributed by atoms with E-state index in [0.29, 0.717) is 19.0 Å². The van der Waals surface area contributed by atoms with Crippen molar-refractivity contribution < 1.29 is 9.47 Å². The maximum absolute atomic E-state index is 5.41. The van der Waals surface area contributed by atoms with Crippen molar-refractivity contribution >= 4 is 22.4 Å². The molecule has 25 heavy (non-hydrogen) atoms. The highest BCUT2D eigenvalue weighted by Crippen LogP contribution is 2.24. The van der Waals surface area contributed by atoms with Gasteiger partial charge in [-0.25, -0.2) is 4.98 Å². The van der Waals surface area contributed by atoms with Gasteiger partial charge in [0, 0.05) is 44.7 Å². The number of benzene rings is 1. The van der Waals surface area contributed by atoms with E-state index >= 15 is 0 Å². The largest absolute Gasteiger partial charge is 0.497 e. The molecule has 8 heteroatoms. The van der Waals surface area contributed by atoms with Crippen LogP contribution in [0.3, 0.4) is 0 Å². The van der Waals surface area contributed by atoms with E-state index < -0.39 is 0 Å². The van der Waals surface area contributed by atoms with Gasteiger partial charge in [0.05, 0.1) is 26.5 Å². The van der Waals surface area contributed by atoms with E-state index in [4.69, 9.17) is 9.47 Å². The number of ether oxygens (including phenoxy) is 2. The first kappa shape index (κ1) is 18.9. The standard InChI is InChI=1S/C17H25N5O2S/c1-18-16(20-10-13-11-25-17(21-13)22(2)3)19-9-12-6-7-14(23-4)8-15(12)24-5/h6-8,11H,9-10H2,1-5H3,(H2,18,19,20). The van der Waals surface area contributed by atoms with Gasteiger partial charge in [-0.2, -0.15) is 0 Å². The Kier molecular flexibility index (Phi) is 6.88. The molecule has 0 saturated heterocycles. The molecule has 0 radical (unpaired) electrons. The molecule has 0 amide bonds. The van der Waals surface area contributed by atoms with Crippen LogP contribution in [-0.4, -0.2) is 46.3 Å². The van der Waals surface area contributed by atoms with Crippen LogP contribution < -0.4 is 25.0 Å². The summed E-state index contributed by atoms with van der Waals surface area (Å²) in [7, 11) is 9.00. The van der Waals surface area contributed by atoms with Crippen LogP contribution in [0.1, 0.15) is 11.3 Å². The van der Waals surface area contributed by atoms with Gasteiger partial charge in [-0.3, -0.25) is 4.99 Å². The molecule has 0 aliphatic heterocycles. The average molecular weight is 363 g/mol. The Labute approximate surface area is 152 Å². The zero-order chi connectivity index (χ0) is 18.2. The third-order valence-corrected chi connectivity index (χ3v) is 4.58. The average Bonchev–Trinajstić information content (AvgIpc) is 3.11. The summed E-state index contributed by atoms with van der Waals surface area (Å²) >= 11 is 1.62. The molecule has 1 aromatic carbocycles. The minimum atomic E-state index is 0.590. The van der Waals surface area contributed by atoms with E-state index in [0.717, 1.165) is 27.9 Å². The molecule has 2 rings (SSSR count). The number of aromatic nitrogens is 1. The smallest absolute Gasteiger partial charge is 0.191 e. The fourth-order valence-corrected chi connectivity index (χ4v) is 2.91. The zero-order valence-corrected chi connectivity index (χ0v) is 16.1. The molecule has 2 N–H and O–H groups in total. The first-order valence-electron chi connectivity index (χ1n) is 7.84. The van der Waals surface area contributed by atoms with Gasteiger partial charge in [0.25, 0.3) is 0 Å². The Morgan fingerprint density at radius 3 is 2.56 bits per heavy atom. The lowest BCUT2D eigenvalue weighted by molar-refractivity contribution is 0.390. The van der Waals surface area contributed by atoms with Crippen LogP contribution in [-0.2, 0) is 13.1 Å². The quantitative estimate of drug-likeness (QED) is 0.580. The number of thiazole rings is 1. The van der Waals surface area contributed by atoms with E-state index in [1.54, 1.807) is 32.6 Å². The van der Waals surface area contributed by atoms with Gasteiger partial charge in [0.1, 0.15) is 11.5 Å². The van der Waals surface area contributed by atoms with Crippen LogP contribution in [0, 0.1) is 0 Å². The fourth-order valence-electron chi connectivity index (χ4n) is 2.15. The van der Waals surface area contributed by atoms with Crippen molar-refractivity contribution in [3.63, 3.8) is 0 Å². The number of nitrogens with zero attached hydrogens (tertiary/aromatic N) is 3. The maximum Gasteiger partial charge on any atom is 0.191 e. The fraction of sp³-hybridized carbons (Fsp3) is 0.412. The molecular weight excluding hydrogens is 338 g/mol. The van der Waals surface area contributed by atoms with Gasteiger partial charge in [-0.05, 0) is 12.1 Å². The predicted molar refractivity (Wildman–Crippen MR) is 103 cm³/mol. The van der Waals surface area contributed by atoms with E-state index in [2.05, 4.69) is 20.6 Å². The SMILES string of the molecule is CN=C(NCc1csc(N(C)C)n1)NCc1ccc(OC)cc1OC. The lowest BCUT2D eigenvalue weighted by atomic mass is 10.2. The molecular formula is C17H25N5O2S. The Balaban J connectivity index is 1.92. The van der Waals surface area contributed by atoms with Crippen LogP contribution >= 0.6 is 11.3 Å². The second kappa shape index (κ2) is 9.12. The second-order valence-corrected chi connectivity index (χ2v) is 6.31. The summed E-state index contributed by atoms with van der Waals surface area (Å²) in [5, 5.41) is 9.58. The summed E-state index contributed by atoms with van der Waals surface area (Å²) in [5.41, 5.74) is 2.01. The first-order chi connectivity index (χ1) is 12.1. The first-order valence-corrected chi connectivity index (χ1v) is 8.72. The number of rotatable bonds is 7. The molecule has 0 aliphatic carbocycles. The van der Waals surface area contributed by atoms with Gasteiger partial charge < -0.3 is 25.0 Å². The maximum atomic E-state index is 5.41. The molecule has 136 valence electrons. The summed E-state index contributed by atoms with van der Waals surface area (Å²) < 4.78 is 10.6. The lowest BCUT2D eigenvalue weighted by Crippen LogP contribution is -2.36. The minimum Gasteiger partial charge on any atom is -0.497 e. The summed E-state index contributed by atoms with van der Waals surface area (Å²) in [6, 6.07) is 5.75. The molecule has 0 saturated carbocycles. The summed E-state index contributed by atoms with van der Waals surface area (Å²) in [5.74, 6) is 2.25. The van der Waals surface area contributed by atoms with Gasteiger partial charge in [-0.15, -0.1) is 11.3 Å². The van der Waals surface area contributed by atoms with Crippen molar-refractivity contribution in [2.24, 2.45) is 4.99 Å². The van der Waals surface area contributed by atoms with Crippen molar-refractivity contribution in [2.75, 3.05) is 40.3 Å². The number of hydrogen-bond donors (Lipinski definition) is 2. The molecule has 0 spiro atoms. The van der Waals surface area contributed by atoms with E-state index in [1.807, 2.05) is 42.6 Å². The van der Waals surface area contributed by atoms with E-state index in [-0.39, 0.29) is 0 Å². The van der Waals surface area contributed by atoms with Crippen LogP contribution in [0.25, 0.3) is 0 Å². The molecule has 2 aromatic rings. The van der Waals surface area contributed by atoms with Crippen molar-refractivity contribution in [1.29, 1.82) is 0 Å². The number of aliphatic imine (C=N–C) groups is 1. The topological polar surface area (TPSA) is 71.0 Å². The normalized spacial score (nSPS) is 11.2. The third kappa shape index (κ3) is 5.25. The number of hydrogen-bond acceptors (Lipinski definition) is 6. The monoisotopic (exact) mass is 363 g/mol. The van der Waals surface area contributed by atoms with Crippen molar-refractivity contribution in [3.8, 4) is 11.5 Å². The zero-order valence-electron chi connectivity index (χ0n) is 15.3. The number of anilines is 1. The van der Waals surface area contributed by atoms with Gasteiger partial charge in [-0.1, -0.05) is 0 Å². The Hall–Kier alpha value is -2.48. The van der Waals surface area contributed by atoms with Crippen molar-refractivity contribution in [2.45, 2.75) is 13.1 Å². The third-order valence-electron chi connectivity index (χ3n) is 3.52. The molecule has 0 unspecified atom stereocenters. The predicted octanol–water partition coefficient (Wildman–Crippen LogP) is 2.09. The Morgan fingerprint density at radius 1 is 1.20 bits per heavy atom. The van der Waals surface area contributed by atoms with Crippen LogP contribution in [0.2, 0.25) is 0 Å². The number of guanidine groups is 1. The molecule has 0 fully saturated rings. The van der Waals surface area contributed by atoms with Gasteiger partial charge >= 0.3 is 0 Å². The van der Waals surface area contributed by atoms with Gasteiger partial charge in [0.2, 0.25) is 0 Å². The highest BCUT2D eigenvalue weighted by atomic mass is 32.1. The van der Waals surface area contributed by atoms with E-state index in [9.17, 15) is 0 Å². The Morgan fingerprint density at radius 2 is 1.96 bits per heavy atom. The Bertz CT molecular complexity index is 715. The lowest BCUT2D eigenvalue weighted by Gasteiger charge is -2.14. The molecule has 0 bridgehead atoms. The summed E-state index contributed by atoms with van der Waals surface area (Å²) in [6.07, 6.45) is 0.